The van der Waals surface area contributed by atoms with Gasteiger partial charge in [0.1, 0.15) is 23.9 Å². The van der Waals surface area contributed by atoms with Gasteiger partial charge < -0.3 is 64.5 Å². The topological polar surface area (TPSA) is 218 Å². The first-order chi connectivity index (χ1) is 23.6. The Hall–Kier alpha value is -1.50. The maximum atomic E-state index is 14.1. The van der Waals surface area contributed by atoms with Crippen molar-refractivity contribution in [3.63, 3.8) is 0 Å². The van der Waals surface area contributed by atoms with Crippen molar-refractivity contribution in [2.75, 3.05) is 14.2 Å². The van der Waals surface area contributed by atoms with Crippen LogP contribution in [0.4, 0.5) is 0 Å². The van der Waals surface area contributed by atoms with Crippen LogP contribution in [0.3, 0.4) is 0 Å². The highest BCUT2D eigenvalue weighted by Gasteiger charge is 2.53. The molecule has 15 heteroatoms. The molecule has 3 rings (SSSR count). The molecule has 51 heavy (non-hydrogen) atoms. The second-order valence-corrected chi connectivity index (χ2v) is 16.0. The molecule has 0 radical (unpaired) electrons. The Kier molecular flexibility index (Phi) is 14.9. The van der Waals surface area contributed by atoms with E-state index >= 15 is 0 Å². The van der Waals surface area contributed by atoms with Gasteiger partial charge in [0.05, 0.1) is 53.4 Å². The average Bonchev–Trinajstić information content (AvgIpc) is 3.06. The summed E-state index contributed by atoms with van der Waals surface area (Å²) in [6.07, 6.45) is -9.56. The predicted molar refractivity (Wildman–Crippen MR) is 186 cm³/mol. The van der Waals surface area contributed by atoms with E-state index < -0.39 is 102 Å². The molecular weight excluding hydrogens is 668 g/mol. The zero-order valence-corrected chi connectivity index (χ0v) is 32.5. The molecule has 3 fully saturated rings. The van der Waals surface area contributed by atoms with Crippen LogP contribution in [0, 0.1) is 23.7 Å². The van der Waals surface area contributed by atoms with Gasteiger partial charge in [0.15, 0.2) is 12.6 Å². The maximum absolute atomic E-state index is 14.1. The number of carbonyl (C=O) groups is 1. The Labute approximate surface area is 303 Å². The van der Waals surface area contributed by atoms with Crippen molar-refractivity contribution in [2.45, 2.75) is 179 Å². The van der Waals surface area contributed by atoms with Crippen LogP contribution in [0.5, 0.6) is 0 Å². The predicted octanol–water partition coefficient (Wildman–Crippen LogP) is 1.70. The summed E-state index contributed by atoms with van der Waals surface area (Å²) in [6.45, 7) is 16.6. The minimum atomic E-state index is -1.97. The van der Waals surface area contributed by atoms with E-state index in [0.717, 1.165) is 0 Å². The van der Waals surface area contributed by atoms with Crippen LogP contribution in [0.15, 0.2) is 5.16 Å². The number of ether oxygens (including phenoxy) is 6. The van der Waals surface area contributed by atoms with E-state index in [4.69, 9.17) is 28.4 Å². The summed E-state index contributed by atoms with van der Waals surface area (Å²) in [5.74, 6) is -4.24. The molecule has 0 saturated carbocycles. The second-order valence-electron chi connectivity index (χ2n) is 16.0. The standard InChI is InChI=1S/C36H66N2O13/c1-13-24-36(10,44)29(40)19(4)26(38-45)17(2)15-34(8,43)31(51-33-27(39)23(37-11)14-18(3)47-33)20(5)28(21(6)32(42)49-24)50-25-16-35(9,46-12)30(41)22(7)48-25/h17-25,27-31,33,37,39-41,43-45H,13-16H2,1-12H3/b38-26+/t17-,18+,19+,20-,21+,22-,23?,24+,25+,27-,28-,29-,30+,31-,33-,34+,35+,36+/m0/s1. The SMILES string of the molecule is CC[C@H]1OC(=O)[C@H](C)[C@@H](O[C@@H]2C[C@@](C)(OC)[C@H](O)[C@H](C)O2)[C@H](C)[C@H](O[C@@H]2O[C@H](C)CC(NC)[C@@H]2O)[C@](C)(O)C[C@H](C)/C(=N\O)[C@@H](C)[C@H](O)[C@]1(C)O. The third-order valence-corrected chi connectivity index (χ3v) is 11.7. The van der Waals surface area contributed by atoms with Gasteiger partial charge in [0.2, 0.25) is 0 Å². The van der Waals surface area contributed by atoms with Gasteiger partial charge in [-0.25, -0.2) is 0 Å². The minimum absolute atomic E-state index is 0.0674. The summed E-state index contributed by atoms with van der Waals surface area (Å²) >= 11 is 0. The number of cyclic esters (lactones) is 1. The fourth-order valence-electron chi connectivity index (χ4n) is 8.41. The number of nitrogens with one attached hydrogen (secondary N) is 1. The van der Waals surface area contributed by atoms with Gasteiger partial charge in [-0.15, -0.1) is 0 Å². The molecule has 15 nitrogen and oxygen atoms in total. The van der Waals surface area contributed by atoms with Crippen molar-refractivity contribution in [1.82, 2.24) is 5.32 Å². The van der Waals surface area contributed by atoms with Crippen molar-refractivity contribution in [2.24, 2.45) is 28.8 Å². The molecule has 1 unspecified atom stereocenters. The Morgan fingerprint density at radius 2 is 1.57 bits per heavy atom. The number of hydrogen-bond donors (Lipinski definition) is 7. The fraction of sp³-hybridized carbons (Fsp3) is 0.944. The third kappa shape index (κ3) is 9.42. The van der Waals surface area contributed by atoms with E-state index in [9.17, 15) is 35.5 Å². The number of aliphatic hydroxyl groups is 5. The molecule has 3 aliphatic heterocycles. The molecule has 0 aromatic heterocycles. The molecule has 0 spiro atoms. The first kappa shape index (κ1) is 43.9. The lowest BCUT2D eigenvalue weighted by molar-refractivity contribution is -0.315. The van der Waals surface area contributed by atoms with Crippen molar-refractivity contribution in [1.29, 1.82) is 0 Å². The number of hydrogen-bond acceptors (Lipinski definition) is 15. The Morgan fingerprint density at radius 1 is 0.941 bits per heavy atom. The molecule has 0 aromatic carbocycles. The highest BCUT2D eigenvalue weighted by atomic mass is 16.7. The summed E-state index contributed by atoms with van der Waals surface area (Å²) in [6, 6.07) is -0.373. The lowest BCUT2D eigenvalue weighted by Gasteiger charge is -2.49. The van der Waals surface area contributed by atoms with Gasteiger partial charge in [-0.05, 0) is 67.9 Å². The van der Waals surface area contributed by atoms with Crippen LogP contribution in [-0.2, 0) is 33.2 Å². The average molecular weight is 735 g/mol. The minimum Gasteiger partial charge on any atom is -0.459 e. The summed E-state index contributed by atoms with van der Waals surface area (Å²) in [5, 5.41) is 74.5. The molecule has 3 saturated heterocycles. The fourth-order valence-corrected chi connectivity index (χ4v) is 8.41. The highest BCUT2D eigenvalue weighted by Crippen LogP contribution is 2.40. The van der Waals surface area contributed by atoms with Crippen LogP contribution in [0.1, 0.15) is 94.9 Å². The summed E-state index contributed by atoms with van der Waals surface area (Å²) in [5.41, 5.74) is -4.67. The van der Waals surface area contributed by atoms with Gasteiger partial charge in [-0.3, -0.25) is 4.79 Å². The van der Waals surface area contributed by atoms with Crippen molar-refractivity contribution >= 4 is 11.7 Å². The Bertz CT molecular complexity index is 1170. The van der Waals surface area contributed by atoms with Crippen molar-refractivity contribution in [3.05, 3.63) is 0 Å². The number of rotatable bonds is 7. The van der Waals surface area contributed by atoms with E-state index in [0.29, 0.717) is 6.42 Å². The summed E-state index contributed by atoms with van der Waals surface area (Å²) in [4.78, 5) is 14.1. The molecule has 0 amide bonds. The molecule has 3 heterocycles. The number of methoxy groups -OCH3 is 1. The number of likely N-dealkylation sites (N-methyl/N-ethyl adjacent to an activating group) is 1. The van der Waals surface area contributed by atoms with E-state index in [1.54, 1.807) is 62.4 Å². The van der Waals surface area contributed by atoms with Crippen LogP contribution < -0.4 is 5.32 Å². The molecule has 7 N–H and O–H groups in total. The zero-order valence-electron chi connectivity index (χ0n) is 32.5. The highest BCUT2D eigenvalue weighted by molar-refractivity contribution is 5.88. The largest absolute Gasteiger partial charge is 0.459 e. The second kappa shape index (κ2) is 17.3. The van der Waals surface area contributed by atoms with Crippen LogP contribution in [0.25, 0.3) is 0 Å². The molecule has 0 bridgehead atoms. The first-order valence-corrected chi connectivity index (χ1v) is 18.3. The zero-order chi connectivity index (χ0) is 38.8. The first-order valence-electron chi connectivity index (χ1n) is 18.3. The van der Waals surface area contributed by atoms with E-state index in [-0.39, 0.29) is 37.1 Å². The van der Waals surface area contributed by atoms with E-state index in [2.05, 4.69) is 10.5 Å². The molecule has 18 atom stereocenters. The Balaban J connectivity index is 2.20. The van der Waals surface area contributed by atoms with E-state index in [1.165, 1.54) is 14.0 Å². The van der Waals surface area contributed by atoms with Crippen molar-refractivity contribution < 1.29 is 64.0 Å². The van der Waals surface area contributed by atoms with Gasteiger partial charge in [-0.2, -0.15) is 0 Å². The quantitative estimate of drug-likeness (QED) is 0.113. The van der Waals surface area contributed by atoms with E-state index in [1.807, 2.05) is 6.92 Å². The third-order valence-electron chi connectivity index (χ3n) is 11.7. The van der Waals surface area contributed by atoms with Gasteiger partial charge in [-0.1, -0.05) is 32.9 Å². The maximum Gasteiger partial charge on any atom is 0.311 e. The van der Waals surface area contributed by atoms with Gasteiger partial charge in [0, 0.05) is 37.3 Å². The van der Waals surface area contributed by atoms with Gasteiger partial charge >= 0.3 is 5.97 Å². The Morgan fingerprint density at radius 3 is 2.12 bits per heavy atom. The molecule has 0 aliphatic carbocycles. The lowest BCUT2D eigenvalue weighted by atomic mass is 9.73. The number of aliphatic hydroxyl groups excluding tert-OH is 3. The summed E-state index contributed by atoms with van der Waals surface area (Å²) in [7, 11) is 3.21. The van der Waals surface area contributed by atoms with Gasteiger partial charge in [0.25, 0.3) is 0 Å². The lowest BCUT2D eigenvalue weighted by Crippen LogP contribution is -2.61. The van der Waals surface area contributed by atoms with Crippen LogP contribution in [-0.4, -0.2) is 141 Å². The monoisotopic (exact) mass is 734 g/mol. The molecule has 3 aliphatic rings. The number of nitrogens with zero attached hydrogens (tertiary/aromatic N) is 1. The number of carbonyl (C=O) groups excluding carboxylic acids is 1. The molecular formula is C36H66N2O13. The number of esters is 1. The smallest absolute Gasteiger partial charge is 0.311 e. The molecule has 0 aromatic rings. The van der Waals surface area contributed by atoms with Crippen molar-refractivity contribution in [3.8, 4) is 0 Å². The van der Waals surface area contributed by atoms with Crippen LogP contribution >= 0.6 is 0 Å². The summed E-state index contributed by atoms with van der Waals surface area (Å²) < 4.78 is 37.0. The van der Waals surface area contributed by atoms with Crippen LogP contribution in [0.2, 0.25) is 0 Å². The number of oxime groups is 1. The molecule has 298 valence electrons. The normalized spacial score (nSPS) is 50.4.